The van der Waals surface area contributed by atoms with Crippen molar-refractivity contribution in [3.63, 3.8) is 0 Å². The zero-order chi connectivity index (χ0) is 13.8. The summed E-state index contributed by atoms with van der Waals surface area (Å²) in [7, 11) is 1.62. The van der Waals surface area contributed by atoms with Crippen molar-refractivity contribution in [1.29, 1.82) is 0 Å². The molecule has 0 aliphatic carbocycles. The Labute approximate surface area is 111 Å². The molecule has 0 atom stereocenters. The molecule has 5 nitrogen and oxygen atoms in total. The first-order valence-electron chi connectivity index (χ1n) is 5.81. The van der Waals surface area contributed by atoms with E-state index in [0.717, 1.165) is 17.0 Å². The van der Waals surface area contributed by atoms with Crippen LogP contribution >= 0.6 is 0 Å². The molecule has 0 radical (unpaired) electrons. The number of hydrogen-bond acceptors (Lipinski definition) is 5. The van der Waals surface area contributed by atoms with Gasteiger partial charge in [0.05, 0.1) is 18.5 Å². The van der Waals surface area contributed by atoms with Crippen molar-refractivity contribution in [2.75, 3.05) is 18.6 Å². The quantitative estimate of drug-likeness (QED) is 0.650. The van der Waals surface area contributed by atoms with Gasteiger partial charge in [-0.25, -0.2) is 0 Å². The molecule has 2 aromatic rings. The lowest BCUT2D eigenvalue weighted by molar-refractivity contribution is 0.415. The zero-order valence-corrected chi connectivity index (χ0v) is 10.9. The Morgan fingerprint density at radius 1 is 0.947 bits per heavy atom. The van der Waals surface area contributed by atoms with Crippen LogP contribution < -0.4 is 16.2 Å². The van der Waals surface area contributed by atoms with Crippen LogP contribution in [0, 0.1) is 6.92 Å². The first kappa shape index (κ1) is 12.9. The summed E-state index contributed by atoms with van der Waals surface area (Å²) in [4.78, 5) is 0. The fourth-order valence-corrected chi connectivity index (χ4v) is 1.57. The normalized spacial score (nSPS) is 10.8. The molecule has 0 saturated heterocycles. The van der Waals surface area contributed by atoms with Gasteiger partial charge in [0.2, 0.25) is 0 Å². The highest BCUT2D eigenvalue weighted by molar-refractivity contribution is 5.70. The van der Waals surface area contributed by atoms with Crippen LogP contribution in [0.3, 0.4) is 0 Å². The molecular formula is C14H16N4O. The molecular weight excluding hydrogens is 240 g/mol. The molecule has 0 amide bonds. The van der Waals surface area contributed by atoms with Crippen LogP contribution in [0.25, 0.3) is 0 Å². The third kappa shape index (κ3) is 3.01. The molecule has 0 heterocycles. The van der Waals surface area contributed by atoms with Gasteiger partial charge in [0.25, 0.3) is 0 Å². The van der Waals surface area contributed by atoms with Crippen molar-refractivity contribution in [1.82, 2.24) is 0 Å². The van der Waals surface area contributed by atoms with E-state index in [1.54, 1.807) is 13.2 Å². The molecule has 2 aromatic carbocycles. The Kier molecular flexibility index (Phi) is 3.66. The first-order valence-corrected chi connectivity index (χ1v) is 5.81. The Bertz CT molecular complexity index is 606. The average Bonchev–Trinajstić information content (AvgIpc) is 2.42. The second-order valence-corrected chi connectivity index (χ2v) is 4.17. The molecule has 2 rings (SSSR count). The summed E-state index contributed by atoms with van der Waals surface area (Å²) in [6, 6.07) is 10.8. The number of ether oxygens (including phenoxy) is 1. The molecule has 0 aromatic heterocycles. The Morgan fingerprint density at radius 2 is 1.63 bits per heavy atom. The maximum absolute atomic E-state index is 5.85. The predicted octanol–water partition coefficient (Wildman–Crippen LogP) is 3.58. The number of anilines is 2. The van der Waals surface area contributed by atoms with Gasteiger partial charge < -0.3 is 16.2 Å². The third-order valence-corrected chi connectivity index (χ3v) is 2.76. The average molecular weight is 256 g/mol. The van der Waals surface area contributed by atoms with E-state index in [4.69, 9.17) is 16.2 Å². The highest BCUT2D eigenvalue weighted by Crippen LogP contribution is 2.29. The summed E-state index contributed by atoms with van der Waals surface area (Å²) < 4.78 is 5.07. The van der Waals surface area contributed by atoms with E-state index in [2.05, 4.69) is 10.2 Å². The van der Waals surface area contributed by atoms with Crippen LogP contribution in [0.5, 0.6) is 5.75 Å². The number of methoxy groups -OCH3 is 1. The number of aryl methyl sites for hydroxylation is 1. The minimum atomic E-state index is 0.514. The Morgan fingerprint density at radius 3 is 2.26 bits per heavy atom. The van der Waals surface area contributed by atoms with Gasteiger partial charge in [-0.3, -0.25) is 0 Å². The minimum absolute atomic E-state index is 0.514. The van der Waals surface area contributed by atoms with E-state index in [-0.39, 0.29) is 0 Å². The SMILES string of the molecule is COc1ccc(N=Nc2cc(C)c(N)cc2N)cc1. The standard InChI is InChI=1S/C14H16N4O/c1-9-7-14(13(16)8-12(9)15)18-17-10-3-5-11(19-2)6-4-10/h3-8H,15-16H2,1-2H3. The Balaban J connectivity index is 2.24. The fraction of sp³-hybridized carbons (Fsp3) is 0.143. The molecule has 4 N–H and O–H groups in total. The van der Waals surface area contributed by atoms with Crippen LogP contribution in [0.15, 0.2) is 46.6 Å². The van der Waals surface area contributed by atoms with E-state index in [1.807, 2.05) is 37.3 Å². The van der Waals surface area contributed by atoms with Gasteiger partial charge in [-0.2, -0.15) is 5.11 Å². The van der Waals surface area contributed by atoms with E-state index in [0.29, 0.717) is 17.1 Å². The molecule has 0 saturated carbocycles. The number of nitrogen functional groups attached to an aromatic ring is 2. The lowest BCUT2D eigenvalue weighted by atomic mass is 10.1. The first-order chi connectivity index (χ1) is 9.10. The van der Waals surface area contributed by atoms with E-state index >= 15 is 0 Å². The number of nitrogens with zero attached hydrogens (tertiary/aromatic N) is 2. The van der Waals surface area contributed by atoms with Crippen LogP contribution in [-0.2, 0) is 0 Å². The summed E-state index contributed by atoms with van der Waals surface area (Å²) in [5.41, 5.74) is 15.0. The number of benzene rings is 2. The second-order valence-electron chi connectivity index (χ2n) is 4.17. The van der Waals surface area contributed by atoms with Crippen LogP contribution in [0.2, 0.25) is 0 Å². The van der Waals surface area contributed by atoms with Crippen LogP contribution in [-0.4, -0.2) is 7.11 Å². The van der Waals surface area contributed by atoms with E-state index in [1.165, 1.54) is 0 Å². The smallest absolute Gasteiger partial charge is 0.119 e. The van der Waals surface area contributed by atoms with E-state index < -0.39 is 0 Å². The highest BCUT2D eigenvalue weighted by Gasteiger charge is 2.02. The molecule has 98 valence electrons. The van der Waals surface area contributed by atoms with Gasteiger partial charge in [-0.05, 0) is 48.9 Å². The summed E-state index contributed by atoms with van der Waals surface area (Å²) in [6.45, 7) is 1.90. The minimum Gasteiger partial charge on any atom is -0.497 e. The number of rotatable bonds is 3. The predicted molar refractivity (Wildman–Crippen MR) is 77.2 cm³/mol. The van der Waals surface area contributed by atoms with Gasteiger partial charge in [0.1, 0.15) is 11.4 Å². The second kappa shape index (κ2) is 5.39. The summed E-state index contributed by atoms with van der Waals surface area (Å²) in [6.07, 6.45) is 0. The van der Waals surface area contributed by atoms with Gasteiger partial charge in [-0.15, -0.1) is 5.11 Å². The van der Waals surface area contributed by atoms with Crippen LogP contribution in [0.1, 0.15) is 5.56 Å². The molecule has 0 bridgehead atoms. The van der Waals surface area contributed by atoms with Crippen molar-refractivity contribution in [2.24, 2.45) is 10.2 Å². The monoisotopic (exact) mass is 256 g/mol. The summed E-state index contributed by atoms with van der Waals surface area (Å²) in [5, 5.41) is 8.27. The fourth-order valence-electron chi connectivity index (χ4n) is 1.57. The van der Waals surface area contributed by atoms with Crippen molar-refractivity contribution in [3.05, 3.63) is 42.0 Å². The molecule has 19 heavy (non-hydrogen) atoms. The molecule has 0 spiro atoms. The number of hydrogen-bond donors (Lipinski definition) is 2. The van der Waals surface area contributed by atoms with Crippen molar-refractivity contribution in [3.8, 4) is 5.75 Å². The molecule has 0 fully saturated rings. The zero-order valence-electron chi connectivity index (χ0n) is 10.9. The maximum Gasteiger partial charge on any atom is 0.119 e. The lowest BCUT2D eigenvalue weighted by Crippen LogP contribution is -1.93. The topological polar surface area (TPSA) is 86.0 Å². The molecule has 0 unspecified atom stereocenters. The third-order valence-electron chi connectivity index (χ3n) is 2.76. The van der Waals surface area contributed by atoms with Gasteiger partial charge >= 0.3 is 0 Å². The summed E-state index contributed by atoms with van der Waals surface area (Å²) in [5.74, 6) is 0.779. The van der Waals surface area contributed by atoms with Crippen molar-refractivity contribution in [2.45, 2.75) is 6.92 Å². The maximum atomic E-state index is 5.85. The van der Waals surface area contributed by atoms with Gasteiger partial charge in [0, 0.05) is 5.69 Å². The van der Waals surface area contributed by atoms with Crippen molar-refractivity contribution < 1.29 is 4.74 Å². The van der Waals surface area contributed by atoms with Gasteiger partial charge in [-0.1, -0.05) is 0 Å². The largest absolute Gasteiger partial charge is 0.497 e. The number of nitrogens with two attached hydrogens (primary N) is 2. The summed E-state index contributed by atoms with van der Waals surface area (Å²) >= 11 is 0. The lowest BCUT2D eigenvalue weighted by Gasteiger charge is -2.04. The Hall–Kier alpha value is -2.56. The van der Waals surface area contributed by atoms with E-state index in [9.17, 15) is 0 Å². The van der Waals surface area contributed by atoms with Crippen molar-refractivity contribution >= 4 is 22.7 Å². The van der Waals surface area contributed by atoms with Crippen LogP contribution in [0.4, 0.5) is 22.7 Å². The number of azo groups is 1. The van der Waals surface area contributed by atoms with Gasteiger partial charge in [0.15, 0.2) is 0 Å². The molecule has 0 aliphatic heterocycles. The molecule has 5 heteroatoms. The molecule has 0 aliphatic rings. The highest BCUT2D eigenvalue weighted by atomic mass is 16.5.